The molecule has 3 rings (SSSR count). The van der Waals surface area contributed by atoms with Gasteiger partial charge in [0.15, 0.2) is 0 Å². The number of amides is 1. The third-order valence-electron chi connectivity index (χ3n) is 5.31. The largest absolute Gasteiger partial charge is 0.395 e. The van der Waals surface area contributed by atoms with E-state index in [1.165, 1.54) is 18.6 Å². The predicted molar refractivity (Wildman–Crippen MR) is 118 cm³/mol. The normalized spacial score (nSPS) is 14.2. The molecule has 0 radical (unpaired) electrons. The Morgan fingerprint density at radius 1 is 1.07 bits per heavy atom. The number of aliphatic hydroxyl groups is 1. The van der Waals surface area contributed by atoms with Crippen LogP contribution >= 0.6 is 0 Å². The van der Waals surface area contributed by atoms with Crippen LogP contribution in [0.25, 0.3) is 0 Å². The monoisotopic (exact) mass is 412 g/mol. The van der Waals surface area contributed by atoms with Gasteiger partial charge in [-0.1, -0.05) is 37.5 Å². The maximum Gasteiger partial charge on any atom is 0.271 e. The fourth-order valence-electron chi connectivity index (χ4n) is 3.88. The van der Waals surface area contributed by atoms with E-state index < -0.39 is 4.92 Å². The summed E-state index contributed by atoms with van der Waals surface area (Å²) >= 11 is 0. The average molecular weight is 412 g/mol. The molecular weight excluding hydrogens is 384 g/mol. The molecule has 1 saturated carbocycles. The maximum absolute atomic E-state index is 13.2. The van der Waals surface area contributed by atoms with Gasteiger partial charge in [-0.15, -0.1) is 0 Å². The van der Waals surface area contributed by atoms with Crippen molar-refractivity contribution < 1.29 is 14.8 Å². The van der Waals surface area contributed by atoms with E-state index in [0.29, 0.717) is 17.9 Å². The summed E-state index contributed by atoms with van der Waals surface area (Å²) in [6, 6.07) is 14.2. The first-order valence-corrected chi connectivity index (χ1v) is 10.3. The number of nitrogens with zero attached hydrogens (tertiary/aromatic N) is 2. The van der Waals surface area contributed by atoms with Gasteiger partial charge in [-0.3, -0.25) is 14.9 Å². The Hall–Kier alpha value is -3.13. The van der Waals surface area contributed by atoms with Crippen molar-refractivity contribution in [2.45, 2.75) is 38.1 Å². The molecule has 3 N–H and O–H groups in total. The van der Waals surface area contributed by atoms with E-state index in [1.807, 2.05) is 35.2 Å². The second kappa shape index (κ2) is 10.6. The third kappa shape index (κ3) is 5.48. The molecule has 0 spiro atoms. The Kier molecular flexibility index (Phi) is 7.62. The van der Waals surface area contributed by atoms with Crippen molar-refractivity contribution >= 4 is 28.7 Å². The van der Waals surface area contributed by atoms with Crippen LogP contribution in [0, 0.1) is 10.1 Å². The lowest BCUT2D eigenvalue weighted by Gasteiger charge is -2.34. The molecule has 1 aliphatic rings. The number of non-ortho nitro benzene ring substituents is 1. The van der Waals surface area contributed by atoms with Crippen LogP contribution in [0.3, 0.4) is 0 Å². The number of nitrogens with one attached hydrogen (secondary N) is 2. The predicted octanol–water partition coefficient (Wildman–Crippen LogP) is 3.78. The molecule has 1 fully saturated rings. The SMILES string of the molecule is O=C(CNc1cc([N+](=O)[O-])ccc1NCCO)N(c1ccccc1)C1CCCCC1. The van der Waals surface area contributed by atoms with Crippen molar-refractivity contribution in [3.63, 3.8) is 0 Å². The Balaban J connectivity index is 1.79. The van der Waals surface area contributed by atoms with Crippen LogP contribution < -0.4 is 15.5 Å². The van der Waals surface area contributed by atoms with Crippen LogP contribution in [0.5, 0.6) is 0 Å². The van der Waals surface area contributed by atoms with E-state index in [9.17, 15) is 14.9 Å². The second-order valence-electron chi connectivity index (χ2n) is 7.38. The molecule has 1 aliphatic carbocycles. The van der Waals surface area contributed by atoms with E-state index in [0.717, 1.165) is 31.4 Å². The first-order valence-electron chi connectivity index (χ1n) is 10.3. The van der Waals surface area contributed by atoms with E-state index in [4.69, 9.17) is 5.11 Å². The summed E-state index contributed by atoms with van der Waals surface area (Å²) in [5.41, 5.74) is 1.87. The molecule has 0 saturated heterocycles. The summed E-state index contributed by atoms with van der Waals surface area (Å²) < 4.78 is 0. The van der Waals surface area contributed by atoms with Crippen LogP contribution in [0.2, 0.25) is 0 Å². The number of benzene rings is 2. The van der Waals surface area contributed by atoms with Crippen molar-refractivity contribution in [3.8, 4) is 0 Å². The van der Waals surface area contributed by atoms with Gasteiger partial charge >= 0.3 is 0 Å². The fraction of sp³-hybridized carbons (Fsp3) is 0.409. The molecule has 0 unspecified atom stereocenters. The molecule has 30 heavy (non-hydrogen) atoms. The number of anilines is 3. The fourth-order valence-corrected chi connectivity index (χ4v) is 3.88. The molecule has 2 aromatic carbocycles. The minimum absolute atomic E-state index is 0.0143. The highest BCUT2D eigenvalue weighted by Gasteiger charge is 2.26. The summed E-state index contributed by atoms with van der Waals surface area (Å²) in [5.74, 6) is -0.0762. The Labute approximate surface area is 176 Å². The van der Waals surface area contributed by atoms with Gasteiger partial charge in [0.05, 0.1) is 29.4 Å². The zero-order valence-electron chi connectivity index (χ0n) is 16.9. The highest BCUT2D eigenvalue weighted by Crippen LogP contribution is 2.29. The molecule has 1 amide bonds. The molecule has 0 atom stereocenters. The summed E-state index contributed by atoms with van der Waals surface area (Å²) in [7, 11) is 0. The summed E-state index contributed by atoms with van der Waals surface area (Å²) in [6.07, 6.45) is 5.35. The standard InChI is InChI=1S/C22H28N4O4/c27-14-13-23-20-12-11-19(26(29)30)15-21(20)24-16-22(28)25(17-7-3-1-4-8-17)18-9-5-2-6-10-18/h1,3-4,7-8,11-12,15,18,23-24,27H,2,5-6,9-10,13-14,16H2. The van der Waals surface area contributed by atoms with Crippen LogP contribution in [-0.4, -0.2) is 41.7 Å². The van der Waals surface area contributed by atoms with E-state index in [2.05, 4.69) is 10.6 Å². The van der Waals surface area contributed by atoms with Gasteiger partial charge in [-0.25, -0.2) is 0 Å². The molecular formula is C22H28N4O4. The van der Waals surface area contributed by atoms with Crippen LogP contribution in [-0.2, 0) is 4.79 Å². The van der Waals surface area contributed by atoms with Gasteiger partial charge in [0.25, 0.3) is 5.69 Å². The number of aliphatic hydroxyl groups excluding tert-OH is 1. The molecule has 160 valence electrons. The number of carbonyl (C=O) groups is 1. The second-order valence-corrected chi connectivity index (χ2v) is 7.38. The first kappa shape index (κ1) is 21.6. The quantitative estimate of drug-likeness (QED) is 0.427. The molecule has 0 bridgehead atoms. The Morgan fingerprint density at radius 3 is 2.47 bits per heavy atom. The van der Waals surface area contributed by atoms with Crippen molar-refractivity contribution in [3.05, 3.63) is 58.6 Å². The van der Waals surface area contributed by atoms with E-state index >= 15 is 0 Å². The van der Waals surface area contributed by atoms with Crippen LogP contribution in [0.4, 0.5) is 22.7 Å². The number of nitro benzene ring substituents is 1. The molecule has 8 heteroatoms. The lowest BCUT2D eigenvalue weighted by molar-refractivity contribution is -0.384. The van der Waals surface area contributed by atoms with Crippen molar-refractivity contribution in [1.82, 2.24) is 0 Å². The third-order valence-corrected chi connectivity index (χ3v) is 5.31. The smallest absolute Gasteiger partial charge is 0.271 e. The Morgan fingerprint density at radius 2 is 1.80 bits per heavy atom. The molecule has 2 aromatic rings. The topological polar surface area (TPSA) is 108 Å². The van der Waals surface area contributed by atoms with Gasteiger partial charge in [-0.05, 0) is 31.0 Å². The van der Waals surface area contributed by atoms with Gasteiger partial charge in [0, 0.05) is 30.4 Å². The lowest BCUT2D eigenvalue weighted by atomic mass is 9.93. The first-order chi connectivity index (χ1) is 14.6. The minimum Gasteiger partial charge on any atom is -0.395 e. The zero-order valence-corrected chi connectivity index (χ0v) is 16.9. The summed E-state index contributed by atoms with van der Waals surface area (Å²) in [6.45, 7) is 0.248. The van der Waals surface area contributed by atoms with Crippen LogP contribution in [0.15, 0.2) is 48.5 Å². The van der Waals surface area contributed by atoms with Crippen molar-refractivity contribution in [2.24, 2.45) is 0 Å². The Bertz CT molecular complexity index is 853. The van der Waals surface area contributed by atoms with Crippen molar-refractivity contribution in [1.29, 1.82) is 0 Å². The molecule has 0 heterocycles. The van der Waals surface area contributed by atoms with Gasteiger partial charge in [0.2, 0.25) is 5.91 Å². The zero-order chi connectivity index (χ0) is 21.3. The highest BCUT2D eigenvalue weighted by molar-refractivity contribution is 5.97. The molecule has 0 aliphatic heterocycles. The average Bonchev–Trinajstić information content (AvgIpc) is 2.78. The number of carbonyl (C=O) groups excluding carboxylic acids is 1. The number of rotatable bonds is 9. The summed E-state index contributed by atoms with van der Waals surface area (Å²) in [5, 5.41) is 26.3. The number of para-hydroxylation sites is 1. The number of hydrogen-bond acceptors (Lipinski definition) is 6. The molecule has 0 aromatic heterocycles. The molecule has 8 nitrogen and oxygen atoms in total. The van der Waals surface area contributed by atoms with Gasteiger partial charge in [-0.2, -0.15) is 0 Å². The highest BCUT2D eigenvalue weighted by atomic mass is 16.6. The van der Waals surface area contributed by atoms with E-state index in [-0.39, 0.29) is 30.8 Å². The minimum atomic E-state index is -0.471. The van der Waals surface area contributed by atoms with Crippen molar-refractivity contribution in [2.75, 3.05) is 35.2 Å². The number of nitro groups is 1. The van der Waals surface area contributed by atoms with E-state index in [1.54, 1.807) is 6.07 Å². The van der Waals surface area contributed by atoms with Crippen LogP contribution in [0.1, 0.15) is 32.1 Å². The number of hydrogen-bond donors (Lipinski definition) is 3. The summed E-state index contributed by atoms with van der Waals surface area (Å²) in [4.78, 5) is 25.8. The maximum atomic E-state index is 13.2. The van der Waals surface area contributed by atoms with Gasteiger partial charge < -0.3 is 20.6 Å². The lowest BCUT2D eigenvalue weighted by Crippen LogP contribution is -2.44. The van der Waals surface area contributed by atoms with Gasteiger partial charge in [0.1, 0.15) is 0 Å².